The minimum atomic E-state index is -0.673. The second-order valence-electron chi connectivity index (χ2n) is 11.1. The summed E-state index contributed by atoms with van der Waals surface area (Å²) in [6.07, 6.45) is 4.75. The zero-order valence-corrected chi connectivity index (χ0v) is 23.2. The SMILES string of the molecule is CCOC(=O)/C(C)=C/[C@H](C(C)C)N(CC)C(=O)[C@@H](NC(=O)C1CCCCN1C(C)C)C(C)(C)C. The molecule has 0 aliphatic carbocycles. The Morgan fingerprint density at radius 2 is 1.74 bits per heavy atom. The lowest BCUT2D eigenvalue weighted by Crippen LogP contribution is -2.61. The number of piperidine rings is 1. The van der Waals surface area contributed by atoms with Gasteiger partial charge in [0.25, 0.3) is 0 Å². The van der Waals surface area contributed by atoms with Gasteiger partial charge in [0.15, 0.2) is 0 Å². The number of hydrogen-bond acceptors (Lipinski definition) is 5. The van der Waals surface area contributed by atoms with E-state index in [2.05, 4.69) is 24.1 Å². The third kappa shape index (κ3) is 8.10. The average molecular weight is 480 g/mol. The fourth-order valence-electron chi connectivity index (χ4n) is 4.63. The van der Waals surface area contributed by atoms with Gasteiger partial charge in [0.2, 0.25) is 11.8 Å². The molecule has 0 radical (unpaired) electrons. The molecule has 1 aliphatic heterocycles. The number of likely N-dealkylation sites (N-methyl/N-ethyl adjacent to an activating group) is 1. The summed E-state index contributed by atoms with van der Waals surface area (Å²) < 4.78 is 5.14. The number of amides is 2. The number of rotatable bonds is 10. The Hall–Kier alpha value is -1.89. The Kier molecular flexibility index (Phi) is 11.8. The highest BCUT2D eigenvalue weighted by Crippen LogP contribution is 2.26. The molecule has 34 heavy (non-hydrogen) atoms. The van der Waals surface area contributed by atoms with Crippen LogP contribution in [0, 0.1) is 11.3 Å². The maximum absolute atomic E-state index is 13.9. The molecule has 1 aliphatic rings. The van der Waals surface area contributed by atoms with Crippen LogP contribution in [0.3, 0.4) is 0 Å². The first kappa shape index (κ1) is 30.1. The molecule has 0 aromatic rings. The van der Waals surface area contributed by atoms with Crippen LogP contribution in [0.1, 0.15) is 88.5 Å². The molecule has 0 aromatic carbocycles. The van der Waals surface area contributed by atoms with Crippen LogP contribution in [0.2, 0.25) is 0 Å². The van der Waals surface area contributed by atoms with Crippen molar-refractivity contribution in [1.82, 2.24) is 15.1 Å². The van der Waals surface area contributed by atoms with E-state index in [9.17, 15) is 14.4 Å². The molecule has 7 heteroatoms. The first-order valence-electron chi connectivity index (χ1n) is 13.0. The van der Waals surface area contributed by atoms with Crippen LogP contribution in [0.15, 0.2) is 11.6 Å². The van der Waals surface area contributed by atoms with Gasteiger partial charge in [0.05, 0.1) is 18.7 Å². The van der Waals surface area contributed by atoms with Crippen LogP contribution < -0.4 is 5.32 Å². The van der Waals surface area contributed by atoms with Crippen LogP contribution in [-0.2, 0) is 19.1 Å². The van der Waals surface area contributed by atoms with Gasteiger partial charge in [-0.25, -0.2) is 4.79 Å². The van der Waals surface area contributed by atoms with Crippen molar-refractivity contribution in [3.8, 4) is 0 Å². The molecule has 0 spiro atoms. The van der Waals surface area contributed by atoms with Crippen LogP contribution in [0.5, 0.6) is 0 Å². The number of carbonyl (C=O) groups is 3. The van der Waals surface area contributed by atoms with Gasteiger partial charge in [0, 0.05) is 18.2 Å². The van der Waals surface area contributed by atoms with E-state index in [0.29, 0.717) is 18.7 Å². The largest absolute Gasteiger partial charge is 0.463 e. The number of nitrogens with zero attached hydrogens (tertiary/aromatic N) is 2. The zero-order chi connectivity index (χ0) is 26.2. The minimum absolute atomic E-state index is 0.0722. The molecule has 1 N–H and O–H groups in total. The molecular formula is C27H49N3O4. The van der Waals surface area contributed by atoms with Crippen molar-refractivity contribution in [2.75, 3.05) is 19.7 Å². The molecule has 0 aromatic heterocycles. The van der Waals surface area contributed by atoms with Crippen LogP contribution >= 0.6 is 0 Å². The molecule has 1 heterocycles. The minimum Gasteiger partial charge on any atom is -0.463 e. The topological polar surface area (TPSA) is 79.0 Å². The number of hydrogen-bond donors (Lipinski definition) is 1. The highest BCUT2D eigenvalue weighted by Gasteiger charge is 2.40. The second-order valence-corrected chi connectivity index (χ2v) is 11.1. The number of likely N-dealkylation sites (tertiary alicyclic amines) is 1. The molecule has 1 rings (SSSR count). The lowest BCUT2D eigenvalue weighted by Gasteiger charge is -2.41. The van der Waals surface area contributed by atoms with E-state index in [0.717, 1.165) is 25.8 Å². The zero-order valence-electron chi connectivity index (χ0n) is 23.2. The highest BCUT2D eigenvalue weighted by molar-refractivity contribution is 5.91. The van der Waals surface area contributed by atoms with Crippen molar-refractivity contribution in [2.24, 2.45) is 11.3 Å². The lowest BCUT2D eigenvalue weighted by molar-refractivity contribution is -0.143. The number of ether oxygens (including phenoxy) is 1. The third-order valence-electron chi connectivity index (χ3n) is 6.59. The van der Waals surface area contributed by atoms with Crippen molar-refractivity contribution in [1.29, 1.82) is 0 Å². The van der Waals surface area contributed by atoms with E-state index in [-0.39, 0.29) is 41.8 Å². The highest BCUT2D eigenvalue weighted by atomic mass is 16.5. The van der Waals surface area contributed by atoms with Crippen molar-refractivity contribution < 1.29 is 19.1 Å². The predicted octanol–water partition coefficient (Wildman–Crippen LogP) is 4.16. The summed E-state index contributed by atoms with van der Waals surface area (Å²) in [5.41, 5.74) is 0.0109. The van der Waals surface area contributed by atoms with Gasteiger partial charge in [-0.2, -0.15) is 0 Å². The van der Waals surface area contributed by atoms with Crippen molar-refractivity contribution >= 4 is 17.8 Å². The van der Waals surface area contributed by atoms with Gasteiger partial charge in [-0.15, -0.1) is 0 Å². The Bertz CT molecular complexity index is 724. The van der Waals surface area contributed by atoms with E-state index in [4.69, 9.17) is 4.74 Å². The summed E-state index contributed by atoms with van der Waals surface area (Å²) in [6.45, 7) is 21.3. The van der Waals surface area contributed by atoms with E-state index in [1.54, 1.807) is 18.7 Å². The maximum atomic E-state index is 13.9. The van der Waals surface area contributed by atoms with Crippen LogP contribution in [0.25, 0.3) is 0 Å². The Morgan fingerprint density at radius 3 is 2.21 bits per heavy atom. The van der Waals surface area contributed by atoms with Crippen molar-refractivity contribution in [3.05, 3.63) is 11.6 Å². The molecule has 1 unspecified atom stereocenters. The monoisotopic (exact) mass is 479 g/mol. The van der Waals surface area contributed by atoms with E-state index in [1.165, 1.54) is 0 Å². The summed E-state index contributed by atoms with van der Waals surface area (Å²) in [7, 11) is 0. The summed E-state index contributed by atoms with van der Waals surface area (Å²) in [4.78, 5) is 43.6. The average Bonchev–Trinajstić information content (AvgIpc) is 2.75. The molecule has 7 nitrogen and oxygen atoms in total. The van der Waals surface area contributed by atoms with Gasteiger partial charge in [-0.3, -0.25) is 14.5 Å². The number of esters is 1. The molecule has 2 amide bonds. The Morgan fingerprint density at radius 1 is 1.12 bits per heavy atom. The fourth-order valence-corrected chi connectivity index (χ4v) is 4.63. The summed E-state index contributed by atoms with van der Waals surface area (Å²) in [5.74, 6) is -0.485. The Labute approximate surface area is 207 Å². The normalized spacial score (nSPS) is 19.6. The van der Waals surface area contributed by atoms with Crippen molar-refractivity contribution in [3.63, 3.8) is 0 Å². The van der Waals surface area contributed by atoms with Crippen LogP contribution in [-0.4, -0.2) is 71.4 Å². The molecule has 0 bridgehead atoms. The fraction of sp³-hybridized carbons (Fsp3) is 0.815. The molecule has 3 atom stereocenters. The molecule has 196 valence electrons. The van der Waals surface area contributed by atoms with E-state index < -0.39 is 11.5 Å². The molecular weight excluding hydrogens is 430 g/mol. The van der Waals surface area contributed by atoms with Gasteiger partial charge >= 0.3 is 5.97 Å². The number of nitrogens with one attached hydrogen (secondary N) is 1. The van der Waals surface area contributed by atoms with E-state index >= 15 is 0 Å². The standard InChI is InChI=1S/C27H49N3O4/c1-11-29(22(18(3)4)17-20(7)26(33)34-12-2)25(32)23(27(8,9)10)28-24(31)21-15-13-14-16-30(21)19(5)6/h17-19,21-23H,11-16H2,1-10H3,(H,28,31)/b20-17+/t21?,22-,23-/m1/s1. The second kappa shape index (κ2) is 13.3. The summed E-state index contributed by atoms with van der Waals surface area (Å²) in [6, 6.07) is -0.902. The third-order valence-corrected chi connectivity index (χ3v) is 6.59. The van der Waals surface area contributed by atoms with Crippen LogP contribution in [0.4, 0.5) is 0 Å². The van der Waals surface area contributed by atoms with Gasteiger partial charge in [0.1, 0.15) is 6.04 Å². The quantitative estimate of drug-likeness (QED) is 0.376. The first-order chi connectivity index (χ1) is 15.8. The van der Waals surface area contributed by atoms with E-state index in [1.807, 2.05) is 47.6 Å². The molecule has 0 saturated carbocycles. The van der Waals surface area contributed by atoms with Gasteiger partial charge in [-0.05, 0) is 65.3 Å². The lowest BCUT2D eigenvalue weighted by atomic mass is 9.84. The van der Waals surface area contributed by atoms with Gasteiger partial charge in [-0.1, -0.05) is 47.1 Å². The Balaban J connectivity index is 3.24. The van der Waals surface area contributed by atoms with Crippen molar-refractivity contribution in [2.45, 2.75) is 113 Å². The molecule has 1 fully saturated rings. The predicted molar refractivity (Wildman–Crippen MR) is 137 cm³/mol. The molecule has 1 saturated heterocycles. The van der Waals surface area contributed by atoms with Gasteiger partial charge < -0.3 is 15.0 Å². The maximum Gasteiger partial charge on any atom is 0.333 e. The summed E-state index contributed by atoms with van der Waals surface area (Å²) >= 11 is 0. The first-order valence-corrected chi connectivity index (χ1v) is 13.0. The number of carbonyl (C=O) groups excluding carboxylic acids is 3. The smallest absolute Gasteiger partial charge is 0.333 e. The summed E-state index contributed by atoms with van der Waals surface area (Å²) in [5, 5.41) is 3.13.